The van der Waals surface area contributed by atoms with Crippen molar-refractivity contribution in [1.82, 2.24) is 20.0 Å². The van der Waals surface area contributed by atoms with Crippen LogP contribution in [0.15, 0.2) is 6.07 Å². The Hall–Kier alpha value is -1.85. The maximum absolute atomic E-state index is 12.4. The van der Waals surface area contributed by atoms with Crippen molar-refractivity contribution in [3.63, 3.8) is 0 Å². The first-order chi connectivity index (χ1) is 10.1. The second kappa shape index (κ2) is 5.16. The Morgan fingerprint density at radius 1 is 1.33 bits per heavy atom. The monoisotopic (exact) mass is 290 g/mol. The van der Waals surface area contributed by atoms with Crippen molar-refractivity contribution in [3.8, 4) is 0 Å². The average Bonchev–Trinajstić information content (AvgIpc) is 3.08. The summed E-state index contributed by atoms with van der Waals surface area (Å²) in [6.07, 6.45) is 4.41. The van der Waals surface area contributed by atoms with Crippen LogP contribution in [0.25, 0.3) is 0 Å². The molecular formula is C15H22N4O2. The molecule has 2 amide bonds. The minimum Gasteiger partial charge on any atom is -0.345 e. The summed E-state index contributed by atoms with van der Waals surface area (Å²) in [4.78, 5) is 26.5. The van der Waals surface area contributed by atoms with E-state index >= 15 is 0 Å². The zero-order chi connectivity index (χ0) is 15.0. The van der Waals surface area contributed by atoms with Gasteiger partial charge in [-0.25, -0.2) is 0 Å². The molecule has 2 heterocycles. The minimum atomic E-state index is -0.633. The van der Waals surface area contributed by atoms with Crippen LogP contribution in [0.4, 0.5) is 0 Å². The standard InChI is InChI=1S/C15H22N4O2/c1-3-11-8-12(18(2)17-11)10-19-13(20)9-16-14(21)15(19)6-4-5-7-15/h8H,3-7,9-10H2,1-2H3,(H,16,21). The van der Waals surface area contributed by atoms with Crippen LogP contribution in [0.1, 0.15) is 44.0 Å². The number of aryl methyl sites for hydroxylation is 2. The highest BCUT2D eigenvalue weighted by atomic mass is 16.2. The van der Waals surface area contributed by atoms with E-state index in [0.717, 1.165) is 43.5 Å². The third-order valence-electron chi connectivity index (χ3n) is 4.78. The normalized spacial score (nSPS) is 21.1. The molecule has 1 aliphatic carbocycles. The van der Waals surface area contributed by atoms with Gasteiger partial charge >= 0.3 is 0 Å². The number of aromatic nitrogens is 2. The van der Waals surface area contributed by atoms with Crippen LogP contribution in [0.3, 0.4) is 0 Å². The number of piperazine rings is 1. The summed E-state index contributed by atoms with van der Waals surface area (Å²) in [5, 5.41) is 7.19. The van der Waals surface area contributed by atoms with Gasteiger partial charge in [0.05, 0.1) is 24.5 Å². The molecule has 6 heteroatoms. The van der Waals surface area contributed by atoms with Crippen LogP contribution >= 0.6 is 0 Å². The van der Waals surface area contributed by atoms with Gasteiger partial charge in [0.25, 0.3) is 0 Å². The molecule has 6 nitrogen and oxygen atoms in total. The molecule has 1 N–H and O–H groups in total. The van der Waals surface area contributed by atoms with Gasteiger partial charge in [0.1, 0.15) is 5.54 Å². The Morgan fingerprint density at radius 2 is 2.05 bits per heavy atom. The van der Waals surface area contributed by atoms with Gasteiger partial charge in [-0.3, -0.25) is 14.3 Å². The average molecular weight is 290 g/mol. The smallest absolute Gasteiger partial charge is 0.246 e. The fourth-order valence-electron chi connectivity index (χ4n) is 3.53. The molecule has 1 saturated carbocycles. The Kier molecular flexibility index (Phi) is 3.47. The van der Waals surface area contributed by atoms with Gasteiger partial charge in [-0.2, -0.15) is 5.10 Å². The molecular weight excluding hydrogens is 268 g/mol. The van der Waals surface area contributed by atoms with Gasteiger partial charge in [-0.05, 0) is 25.3 Å². The van der Waals surface area contributed by atoms with Crippen molar-refractivity contribution < 1.29 is 9.59 Å². The molecule has 1 saturated heterocycles. The number of nitrogens with zero attached hydrogens (tertiary/aromatic N) is 3. The zero-order valence-electron chi connectivity index (χ0n) is 12.7. The molecule has 1 spiro atoms. The summed E-state index contributed by atoms with van der Waals surface area (Å²) < 4.78 is 1.82. The molecule has 0 unspecified atom stereocenters. The van der Waals surface area contributed by atoms with Crippen LogP contribution < -0.4 is 5.32 Å². The van der Waals surface area contributed by atoms with Gasteiger partial charge in [-0.15, -0.1) is 0 Å². The van der Waals surface area contributed by atoms with Gasteiger partial charge in [0, 0.05) is 7.05 Å². The molecule has 1 aromatic rings. The van der Waals surface area contributed by atoms with Gasteiger partial charge < -0.3 is 10.2 Å². The molecule has 0 bridgehead atoms. The molecule has 114 valence electrons. The van der Waals surface area contributed by atoms with E-state index in [0.29, 0.717) is 6.54 Å². The summed E-state index contributed by atoms with van der Waals surface area (Å²) in [5.74, 6) is 0.0215. The van der Waals surface area contributed by atoms with E-state index in [4.69, 9.17) is 0 Å². The number of hydrogen-bond donors (Lipinski definition) is 1. The largest absolute Gasteiger partial charge is 0.345 e. The van der Waals surface area contributed by atoms with Crippen molar-refractivity contribution in [2.45, 2.75) is 51.1 Å². The SMILES string of the molecule is CCc1cc(CN2C(=O)CNC(=O)C23CCCC3)n(C)n1. The summed E-state index contributed by atoms with van der Waals surface area (Å²) >= 11 is 0. The Bertz CT molecular complexity index is 572. The highest BCUT2D eigenvalue weighted by Crippen LogP contribution is 2.38. The second-order valence-corrected chi connectivity index (χ2v) is 6.01. The predicted octanol–water partition coefficient (Wildman–Crippen LogP) is 0.754. The second-order valence-electron chi connectivity index (χ2n) is 6.01. The van der Waals surface area contributed by atoms with Crippen molar-refractivity contribution in [2.75, 3.05) is 6.54 Å². The number of hydrogen-bond acceptors (Lipinski definition) is 3. The minimum absolute atomic E-state index is 0.00995. The molecule has 2 fully saturated rings. The third-order valence-corrected chi connectivity index (χ3v) is 4.78. The van der Waals surface area contributed by atoms with Gasteiger partial charge in [0.15, 0.2) is 0 Å². The summed E-state index contributed by atoms with van der Waals surface area (Å²) in [7, 11) is 1.89. The highest BCUT2D eigenvalue weighted by Gasteiger charge is 2.50. The predicted molar refractivity (Wildman–Crippen MR) is 77.3 cm³/mol. The number of carbonyl (C=O) groups is 2. The van der Waals surface area contributed by atoms with E-state index in [2.05, 4.69) is 17.3 Å². The van der Waals surface area contributed by atoms with Crippen LogP contribution in [-0.4, -0.2) is 38.6 Å². The molecule has 1 aromatic heterocycles. The topological polar surface area (TPSA) is 67.2 Å². The van der Waals surface area contributed by atoms with Crippen LogP contribution in [0.5, 0.6) is 0 Å². The van der Waals surface area contributed by atoms with Crippen LogP contribution in [-0.2, 0) is 29.6 Å². The van der Waals surface area contributed by atoms with Gasteiger partial charge in [0.2, 0.25) is 11.8 Å². The van der Waals surface area contributed by atoms with E-state index in [1.54, 1.807) is 4.90 Å². The lowest BCUT2D eigenvalue weighted by Crippen LogP contribution is -2.65. The quantitative estimate of drug-likeness (QED) is 0.893. The van der Waals surface area contributed by atoms with E-state index in [9.17, 15) is 9.59 Å². The fraction of sp³-hybridized carbons (Fsp3) is 0.667. The first-order valence-electron chi connectivity index (χ1n) is 7.67. The van der Waals surface area contributed by atoms with E-state index in [-0.39, 0.29) is 18.4 Å². The lowest BCUT2D eigenvalue weighted by molar-refractivity contribution is -0.154. The molecule has 0 aromatic carbocycles. The summed E-state index contributed by atoms with van der Waals surface area (Å²) in [6, 6.07) is 2.03. The van der Waals surface area contributed by atoms with Crippen molar-refractivity contribution in [1.29, 1.82) is 0 Å². The first kappa shape index (κ1) is 14.1. The molecule has 3 rings (SSSR count). The Morgan fingerprint density at radius 3 is 2.67 bits per heavy atom. The Labute approximate surface area is 124 Å². The number of nitrogens with one attached hydrogen (secondary N) is 1. The summed E-state index contributed by atoms with van der Waals surface area (Å²) in [6.45, 7) is 2.64. The van der Waals surface area contributed by atoms with Crippen molar-refractivity contribution in [2.24, 2.45) is 7.05 Å². The van der Waals surface area contributed by atoms with Crippen LogP contribution in [0, 0.1) is 0 Å². The van der Waals surface area contributed by atoms with E-state index in [1.807, 2.05) is 17.8 Å². The highest BCUT2D eigenvalue weighted by molar-refractivity contribution is 5.98. The first-order valence-corrected chi connectivity index (χ1v) is 7.67. The van der Waals surface area contributed by atoms with Crippen LogP contribution in [0.2, 0.25) is 0 Å². The third kappa shape index (κ3) is 2.22. The van der Waals surface area contributed by atoms with Crippen molar-refractivity contribution in [3.05, 3.63) is 17.5 Å². The van der Waals surface area contributed by atoms with E-state index < -0.39 is 5.54 Å². The Balaban J connectivity index is 1.91. The van der Waals surface area contributed by atoms with E-state index in [1.165, 1.54) is 0 Å². The number of carbonyl (C=O) groups excluding carboxylic acids is 2. The molecule has 1 aliphatic heterocycles. The number of rotatable bonds is 3. The molecule has 21 heavy (non-hydrogen) atoms. The van der Waals surface area contributed by atoms with Crippen molar-refractivity contribution >= 4 is 11.8 Å². The fourth-order valence-corrected chi connectivity index (χ4v) is 3.53. The molecule has 0 radical (unpaired) electrons. The van der Waals surface area contributed by atoms with Gasteiger partial charge in [-0.1, -0.05) is 19.8 Å². The zero-order valence-corrected chi connectivity index (χ0v) is 12.7. The lowest BCUT2D eigenvalue weighted by Gasteiger charge is -2.43. The maximum atomic E-state index is 12.4. The lowest BCUT2D eigenvalue weighted by atomic mass is 9.91. The summed E-state index contributed by atoms with van der Waals surface area (Å²) in [5.41, 5.74) is 1.37. The maximum Gasteiger partial charge on any atom is 0.246 e. The number of amides is 2. The molecule has 2 aliphatic rings. The molecule has 0 atom stereocenters.